The highest BCUT2D eigenvalue weighted by Crippen LogP contribution is 2.22. The largest absolute Gasteiger partial charge is 0.457 e. The minimum atomic E-state index is -0.202. The van der Waals surface area contributed by atoms with E-state index in [2.05, 4.69) is 11.9 Å². The van der Waals surface area contributed by atoms with Gasteiger partial charge in [-0.05, 0) is 25.0 Å². The van der Waals surface area contributed by atoms with Crippen LogP contribution in [0.5, 0.6) is 0 Å². The van der Waals surface area contributed by atoms with Gasteiger partial charge in [-0.3, -0.25) is 0 Å². The first-order chi connectivity index (χ1) is 7.79. The third-order valence-corrected chi connectivity index (χ3v) is 4.55. The fourth-order valence-corrected chi connectivity index (χ4v) is 3.55. The molecule has 1 fully saturated rings. The number of hydrogen-bond acceptors (Lipinski definition) is 5. The van der Waals surface area contributed by atoms with Crippen LogP contribution in [0.2, 0.25) is 0 Å². The first kappa shape index (κ1) is 11.9. The molecule has 88 valence electrons. The lowest BCUT2D eigenvalue weighted by molar-refractivity contribution is 0.0362. The summed E-state index contributed by atoms with van der Waals surface area (Å²) in [5, 5.41) is 1.02. The van der Waals surface area contributed by atoms with E-state index in [4.69, 9.17) is 4.74 Å². The molecule has 1 aliphatic rings. The van der Waals surface area contributed by atoms with E-state index in [0.29, 0.717) is 4.88 Å². The molecule has 2 heterocycles. The summed E-state index contributed by atoms with van der Waals surface area (Å²) in [7, 11) is 0. The second kappa shape index (κ2) is 5.68. The molecule has 0 bridgehead atoms. The molecule has 0 saturated carbocycles. The van der Waals surface area contributed by atoms with Crippen molar-refractivity contribution in [2.45, 2.75) is 32.3 Å². The Balaban J connectivity index is 1.91. The average Bonchev–Trinajstić information content (AvgIpc) is 2.89. The molecule has 0 aromatic carbocycles. The Morgan fingerprint density at radius 1 is 1.69 bits per heavy atom. The molecule has 0 radical (unpaired) electrons. The van der Waals surface area contributed by atoms with Crippen LogP contribution in [0, 0.1) is 0 Å². The van der Waals surface area contributed by atoms with Gasteiger partial charge < -0.3 is 4.74 Å². The molecular formula is C11H15NO2S2. The summed E-state index contributed by atoms with van der Waals surface area (Å²) in [6.07, 6.45) is 4.73. The van der Waals surface area contributed by atoms with Crippen molar-refractivity contribution in [2.75, 3.05) is 11.5 Å². The van der Waals surface area contributed by atoms with Gasteiger partial charge in [-0.25, -0.2) is 9.78 Å². The molecule has 1 saturated heterocycles. The van der Waals surface area contributed by atoms with Crippen molar-refractivity contribution in [3.8, 4) is 0 Å². The van der Waals surface area contributed by atoms with E-state index in [1.54, 1.807) is 6.20 Å². The number of aryl methyl sites for hydroxylation is 1. The highest BCUT2D eigenvalue weighted by atomic mass is 32.2. The Morgan fingerprint density at radius 2 is 2.56 bits per heavy atom. The van der Waals surface area contributed by atoms with Gasteiger partial charge in [0.1, 0.15) is 11.0 Å². The number of carbonyl (C=O) groups is 1. The molecule has 0 N–H and O–H groups in total. The van der Waals surface area contributed by atoms with Gasteiger partial charge in [0.15, 0.2) is 0 Å². The van der Waals surface area contributed by atoms with E-state index < -0.39 is 0 Å². The number of nitrogens with zero attached hydrogens (tertiary/aromatic N) is 1. The first-order valence-electron chi connectivity index (χ1n) is 5.53. The topological polar surface area (TPSA) is 39.2 Å². The molecule has 0 unspecified atom stereocenters. The molecule has 3 nitrogen and oxygen atoms in total. The molecule has 1 atom stereocenters. The van der Waals surface area contributed by atoms with Gasteiger partial charge in [0.25, 0.3) is 0 Å². The summed E-state index contributed by atoms with van der Waals surface area (Å²) in [5.74, 6) is 1.83. The normalized spacial score (nSPS) is 19.9. The van der Waals surface area contributed by atoms with Crippen molar-refractivity contribution in [1.82, 2.24) is 4.98 Å². The van der Waals surface area contributed by atoms with Gasteiger partial charge in [-0.2, -0.15) is 11.8 Å². The first-order valence-corrected chi connectivity index (χ1v) is 7.50. The van der Waals surface area contributed by atoms with Crippen molar-refractivity contribution in [3.05, 3.63) is 16.1 Å². The van der Waals surface area contributed by atoms with Crippen molar-refractivity contribution >= 4 is 29.1 Å². The quantitative estimate of drug-likeness (QED) is 0.778. The molecule has 1 aromatic heterocycles. The maximum atomic E-state index is 11.8. The maximum Gasteiger partial charge on any atom is 0.350 e. The highest BCUT2D eigenvalue weighted by molar-refractivity contribution is 7.99. The van der Waals surface area contributed by atoms with Crippen LogP contribution in [0.3, 0.4) is 0 Å². The zero-order valence-electron chi connectivity index (χ0n) is 9.27. The number of thiazole rings is 1. The Morgan fingerprint density at radius 3 is 3.25 bits per heavy atom. The fourth-order valence-electron chi connectivity index (χ4n) is 1.55. The van der Waals surface area contributed by atoms with Gasteiger partial charge >= 0.3 is 5.97 Å². The fraction of sp³-hybridized carbons (Fsp3) is 0.636. The lowest BCUT2D eigenvalue weighted by Gasteiger charge is -2.08. The number of hydrogen-bond donors (Lipinski definition) is 0. The van der Waals surface area contributed by atoms with Crippen LogP contribution >= 0.6 is 23.1 Å². The summed E-state index contributed by atoms with van der Waals surface area (Å²) in [5.41, 5.74) is 0. The standard InChI is InChI=1S/C11H15NO2S2/c1-2-3-10-12-6-9(16-10)11(13)14-8-4-5-15-7-8/h6,8H,2-5,7H2,1H3/t8-/m1/s1. The van der Waals surface area contributed by atoms with Crippen LogP contribution in [-0.2, 0) is 11.2 Å². The number of rotatable bonds is 4. The summed E-state index contributed by atoms with van der Waals surface area (Å²) >= 11 is 3.30. The van der Waals surface area contributed by atoms with Crippen molar-refractivity contribution in [1.29, 1.82) is 0 Å². The van der Waals surface area contributed by atoms with Crippen molar-refractivity contribution in [2.24, 2.45) is 0 Å². The van der Waals surface area contributed by atoms with Crippen molar-refractivity contribution < 1.29 is 9.53 Å². The number of carbonyl (C=O) groups excluding carboxylic acids is 1. The zero-order valence-corrected chi connectivity index (χ0v) is 10.9. The molecule has 1 aliphatic heterocycles. The molecule has 2 rings (SSSR count). The SMILES string of the molecule is CCCc1ncc(C(=O)O[C@@H]2CCSC2)s1. The number of ether oxygens (including phenoxy) is 1. The van der Waals surface area contributed by atoms with E-state index in [1.165, 1.54) is 11.3 Å². The number of aromatic nitrogens is 1. The smallest absolute Gasteiger partial charge is 0.350 e. The molecule has 0 amide bonds. The van der Waals surface area contributed by atoms with Crippen LogP contribution in [0.25, 0.3) is 0 Å². The van der Waals surface area contributed by atoms with Gasteiger partial charge in [0.2, 0.25) is 0 Å². The second-order valence-corrected chi connectivity index (χ2v) is 6.02. The molecule has 1 aromatic rings. The third-order valence-electron chi connectivity index (χ3n) is 2.38. The second-order valence-electron chi connectivity index (χ2n) is 3.76. The summed E-state index contributed by atoms with van der Waals surface area (Å²) in [6.45, 7) is 2.11. The molecule has 5 heteroatoms. The average molecular weight is 257 g/mol. The highest BCUT2D eigenvalue weighted by Gasteiger charge is 2.21. The Bertz CT molecular complexity index is 359. The van der Waals surface area contributed by atoms with Crippen LogP contribution in [0.15, 0.2) is 6.20 Å². The van der Waals surface area contributed by atoms with Crippen LogP contribution < -0.4 is 0 Å². The lowest BCUT2D eigenvalue weighted by Crippen LogP contribution is -2.16. The molecule has 16 heavy (non-hydrogen) atoms. The van der Waals surface area contributed by atoms with Gasteiger partial charge in [0.05, 0.1) is 11.2 Å². The van der Waals surface area contributed by atoms with E-state index >= 15 is 0 Å². The Kier molecular flexibility index (Phi) is 4.23. The third kappa shape index (κ3) is 2.98. The summed E-state index contributed by atoms with van der Waals surface area (Å²) < 4.78 is 5.40. The van der Waals surface area contributed by atoms with Crippen LogP contribution in [-0.4, -0.2) is 28.6 Å². The molecular weight excluding hydrogens is 242 g/mol. The molecule has 0 spiro atoms. The van der Waals surface area contributed by atoms with Crippen LogP contribution in [0.1, 0.15) is 34.4 Å². The number of esters is 1. The minimum absolute atomic E-state index is 0.106. The van der Waals surface area contributed by atoms with Gasteiger partial charge in [0, 0.05) is 5.75 Å². The van der Waals surface area contributed by atoms with E-state index in [9.17, 15) is 4.79 Å². The molecule has 0 aliphatic carbocycles. The maximum absolute atomic E-state index is 11.8. The van der Waals surface area contributed by atoms with E-state index in [0.717, 1.165) is 35.8 Å². The van der Waals surface area contributed by atoms with E-state index in [-0.39, 0.29) is 12.1 Å². The zero-order chi connectivity index (χ0) is 11.4. The monoisotopic (exact) mass is 257 g/mol. The Hall–Kier alpha value is -0.550. The predicted octanol–water partition coefficient (Wildman–Crippen LogP) is 2.76. The number of thioether (sulfide) groups is 1. The lowest BCUT2D eigenvalue weighted by atomic mass is 10.3. The van der Waals surface area contributed by atoms with Gasteiger partial charge in [-0.1, -0.05) is 6.92 Å². The van der Waals surface area contributed by atoms with Gasteiger partial charge in [-0.15, -0.1) is 11.3 Å². The van der Waals surface area contributed by atoms with Crippen molar-refractivity contribution in [3.63, 3.8) is 0 Å². The van der Waals surface area contributed by atoms with Crippen LogP contribution in [0.4, 0.5) is 0 Å². The summed E-state index contributed by atoms with van der Waals surface area (Å²) in [6, 6.07) is 0. The summed E-state index contributed by atoms with van der Waals surface area (Å²) in [4.78, 5) is 16.6. The minimum Gasteiger partial charge on any atom is -0.457 e. The van der Waals surface area contributed by atoms with E-state index in [1.807, 2.05) is 11.8 Å². The predicted molar refractivity (Wildman–Crippen MR) is 67.3 cm³/mol. The Labute approximate surface area is 104 Å².